The predicted molar refractivity (Wildman–Crippen MR) is 79.7 cm³/mol. The van der Waals surface area contributed by atoms with Crippen molar-refractivity contribution in [2.75, 3.05) is 0 Å². The van der Waals surface area contributed by atoms with E-state index in [0.29, 0.717) is 0 Å². The van der Waals surface area contributed by atoms with Crippen LogP contribution in [0.1, 0.15) is 22.3 Å². The summed E-state index contributed by atoms with van der Waals surface area (Å²) < 4.78 is 0. The Morgan fingerprint density at radius 2 is 0.950 bits per heavy atom. The first kappa shape index (κ1) is 17.5. The summed E-state index contributed by atoms with van der Waals surface area (Å²) in [6, 6.07) is 8.65. The van der Waals surface area contributed by atoms with Gasteiger partial charge < -0.3 is 0 Å². The number of rotatable bonds is 0. The minimum absolute atomic E-state index is 0.750. The largest absolute Gasteiger partial charge is 0.231 e. The lowest BCUT2D eigenvalue weighted by Crippen LogP contribution is -1.93. The topological polar surface area (TPSA) is 81.8 Å². The molecule has 0 spiro atoms. The molecule has 0 bridgehead atoms. The van der Waals surface area contributed by atoms with Crippen LogP contribution in [0.4, 0.5) is 0 Å². The first-order valence-electron chi connectivity index (χ1n) is 5.99. The zero-order valence-corrected chi connectivity index (χ0v) is 12.1. The highest BCUT2D eigenvalue weighted by Gasteiger charge is 2.07. The van der Waals surface area contributed by atoms with Crippen LogP contribution in [-0.2, 0) is 9.59 Å². The first-order valence-corrected chi connectivity index (χ1v) is 5.99. The van der Waals surface area contributed by atoms with Gasteiger partial charge in [-0.25, -0.2) is 20.4 Å². The van der Waals surface area contributed by atoms with Gasteiger partial charge in [0, 0.05) is 0 Å². The quantitative estimate of drug-likeness (QED) is 0.562. The van der Waals surface area contributed by atoms with Gasteiger partial charge in [0.1, 0.15) is 0 Å². The van der Waals surface area contributed by atoms with Crippen LogP contribution < -0.4 is 0 Å². The van der Waals surface area contributed by atoms with Gasteiger partial charge in [-0.05, 0) is 60.7 Å². The van der Waals surface area contributed by atoms with Crippen molar-refractivity contribution < 1.29 is 9.59 Å². The standard InChI is InChI=1S/C14H16.2CHNO/c1-9-10(2)12(4)14-8-6-5-7-13(14)11(9)3;2*2-1-3/h5-8H,1-4H3;2*2H. The van der Waals surface area contributed by atoms with E-state index in [4.69, 9.17) is 20.4 Å². The first-order chi connectivity index (χ1) is 9.45. The second kappa shape index (κ2) is 8.54. The maximum absolute atomic E-state index is 8.35. The second-order valence-corrected chi connectivity index (χ2v) is 4.25. The van der Waals surface area contributed by atoms with E-state index < -0.39 is 0 Å². The molecule has 2 N–H and O–H groups in total. The molecule has 0 radical (unpaired) electrons. The molecule has 2 aromatic rings. The number of fused-ring (bicyclic) bond motifs is 1. The van der Waals surface area contributed by atoms with E-state index in [1.54, 1.807) is 0 Å². The van der Waals surface area contributed by atoms with Crippen LogP contribution in [0, 0.1) is 38.5 Å². The molecule has 0 heterocycles. The molecule has 0 fully saturated rings. The van der Waals surface area contributed by atoms with Crippen LogP contribution in [-0.4, -0.2) is 12.2 Å². The molecule has 0 amide bonds. The zero-order valence-electron chi connectivity index (χ0n) is 12.1. The maximum Gasteiger partial charge on any atom is 0.231 e. The van der Waals surface area contributed by atoms with Crippen LogP contribution in [0.2, 0.25) is 0 Å². The van der Waals surface area contributed by atoms with Gasteiger partial charge in [-0.15, -0.1) is 0 Å². The van der Waals surface area contributed by atoms with Gasteiger partial charge in [-0.3, -0.25) is 0 Å². The monoisotopic (exact) mass is 270 g/mol. The van der Waals surface area contributed by atoms with Gasteiger partial charge in [0.05, 0.1) is 0 Å². The van der Waals surface area contributed by atoms with Crippen LogP contribution in [0.25, 0.3) is 10.8 Å². The Labute approximate surface area is 118 Å². The van der Waals surface area contributed by atoms with Gasteiger partial charge >= 0.3 is 0 Å². The van der Waals surface area contributed by atoms with Gasteiger partial charge in [0.25, 0.3) is 0 Å². The van der Waals surface area contributed by atoms with E-state index in [0.717, 1.165) is 12.2 Å². The smallest absolute Gasteiger partial charge is 0.222 e. The van der Waals surface area contributed by atoms with Crippen LogP contribution in [0.5, 0.6) is 0 Å². The molecular formula is C16H18N2O2. The summed E-state index contributed by atoms with van der Waals surface area (Å²) in [5, 5.41) is 13.6. The highest BCUT2D eigenvalue weighted by molar-refractivity contribution is 5.90. The van der Waals surface area contributed by atoms with Crippen molar-refractivity contribution in [3.63, 3.8) is 0 Å². The Hall–Kier alpha value is -2.54. The molecule has 20 heavy (non-hydrogen) atoms. The number of benzene rings is 2. The van der Waals surface area contributed by atoms with E-state index >= 15 is 0 Å². The molecule has 0 saturated carbocycles. The van der Waals surface area contributed by atoms with Gasteiger partial charge in [-0.1, -0.05) is 24.3 Å². The summed E-state index contributed by atoms with van der Waals surface area (Å²) in [6.07, 6.45) is 1.50. The molecule has 0 aromatic heterocycles. The number of hydrogen-bond acceptors (Lipinski definition) is 4. The van der Waals surface area contributed by atoms with Crippen molar-refractivity contribution in [1.82, 2.24) is 0 Å². The fourth-order valence-electron chi connectivity index (χ4n) is 2.10. The van der Waals surface area contributed by atoms with Crippen molar-refractivity contribution in [1.29, 1.82) is 10.8 Å². The van der Waals surface area contributed by atoms with Crippen LogP contribution in [0.3, 0.4) is 0 Å². The molecule has 0 aliphatic heterocycles. The van der Waals surface area contributed by atoms with Crippen molar-refractivity contribution in [3.8, 4) is 0 Å². The Morgan fingerprint density at radius 1 is 0.700 bits per heavy atom. The summed E-state index contributed by atoms with van der Waals surface area (Å²) in [5.41, 5.74) is 5.70. The maximum atomic E-state index is 8.35. The Kier molecular flexibility index (Phi) is 7.46. The molecule has 0 atom stereocenters. The van der Waals surface area contributed by atoms with Gasteiger partial charge in [0.2, 0.25) is 12.2 Å². The van der Waals surface area contributed by atoms with E-state index in [1.807, 2.05) is 0 Å². The average molecular weight is 270 g/mol. The number of isocyanates is 2. The van der Waals surface area contributed by atoms with Crippen molar-refractivity contribution in [3.05, 3.63) is 46.5 Å². The number of carbonyl (C=O) groups excluding carboxylic acids is 2. The van der Waals surface area contributed by atoms with Gasteiger partial charge in [0.15, 0.2) is 0 Å². The molecule has 0 unspecified atom stereocenters. The summed E-state index contributed by atoms with van der Waals surface area (Å²) in [6.45, 7) is 8.85. The van der Waals surface area contributed by atoms with E-state index in [1.165, 1.54) is 33.0 Å². The SMILES string of the molecule is Cc1c(C)c(C)c2ccccc2c1C.N=C=O.N=C=O. The Balaban J connectivity index is 0.000000520. The number of hydrogen-bond donors (Lipinski definition) is 2. The molecule has 4 nitrogen and oxygen atoms in total. The van der Waals surface area contributed by atoms with Gasteiger partial charge in [-0.2, -0.15) is 0 Å². The van der Waals surface area contributed by atoms with E-state index in [-0.39, 0.29) is 0 Å². The molecule has 2 rings (SSSR count). The minimum Gasteiger partial charge on any atom is -0.222 e. The fraction of sp³-hybridized carbons (Fsp3) is 0.250. The highest BCUT2D eigenvalue weighted by Crippen LogP contribution is 2.28. The van der Waals surface area contributed by atoms with Crippen LogP contribution >= 0.6 is 0 Å². The molecular weight excluding hydrogens is 252 g/mol. The zero-order chi connectivity index (χ0) is 15.7. The van der Waals surface area contributed by atoms with Crippen LogP contribution in [0.15, 0.2) is 24.3 Å². The average Bonchev–Trinajstić information content (AvgIpc) is 2.44. The minimum atomic E-state index is 0.750. The molecule has 0 saturated heterocycles. The van der Waals surface area contributed by atoms with Crippen molar-refractivity contribution in [2.24, 2.45) is 0 Å². The van der Waals surface area contributed by atoms with Crippen molar-refractivity contribution >= 4 is 22.9 Å². The molecule has 104 valence electrons. The number of aryl methyl sites for hydroxylation is 2. The summed E-state index contributed by atoms with van der Waals surface area (Å²) in [5.74, 6) is 0. The molecule has 4 heteroatoms. The summed E-state index contributed by atoms with van der Waals surface area (Å²) >= 11 is 0. The normalized spacial score (nSPS) is 8.40. The molecule has 0 aliphatic rings. The lowest BCUT2D eigenvalue weighted by atomic mass is 9.92. The molecule has 2 aromatic carbocycles. The Morgan fingerprint density at radius 3 is 1.20 bits per heavy atom. The fourth-order valence-corrected chi connectivity index (χ4v) is 2.10. The van der Waals surface area contributed by atoms with E-state index in [2.05, 4.69) is 52.0 Å². The summed E-state index contributed by atoms with van der Waals surface area (Å²) in [7, 11) is 0. The lowest BCUT2D eigenvalue weighted by molar-refractivity contribution is 0.562. The third kappa shape index (κ3) is 3.99. The lowest BCUT2D eigenvalue weighted by Gasteiger charge is -2.13. The van der Waals surface area contributed by atoms with Crippen molar-refractivity contribution in [2.45, 2.75) is 27.7 Å². The predicted octanol–water partition coefficient (Wildman–Crippen LogP) is 3.88. The third-order valence-corrected chi connectivity index (χ3v) is 3.42. The third-order valence-electron chi connectivity index (χ3n) is 3.42. The second-order valence-electron chi connectivity index (χ2n) is 4.25. The highest BCUT2D eigenvalue weighted by atomic mass is 16.1. The summed E-state index contributed by atoms with van der Waals surface area (Å²) in [4.78, 5) is 16.7. The number of nitrogens with one attached hydrogen (secondary N) is 2. The van der Waals surface area contributed by atoms with E-state index in [9.17, 15) is 0 Å². The Bertz CT molecular complexity index is 605. The molecule has 0 aliphatic carbocycles.